The van der Waals surface area contributed by atoms with Crippen LogP contribution in [-0.4, -0.2) is 19.2 Å². The molecule has 0 aliphatic carbocycles. The molecule has 1 heterocycles. The first-order valence-corrected chi connectivity index (χ1v) is 5.55. The Kier molecular flexibility index (Phi) is 2.96. The van der Waals surface area contributed by atoms with Gasteiger partial charge in [0, 0.05) is 5.56 Å². The lowest BCUT2D eigenvalue weighted by Crippen LogP contribution is -1.92. The van der Waals surface area contributed by atoms with Crippen LogP contribution >= 0.6 is 11.3 Å². The molecule has 0 spiro atoms. The van der Waals surface area contributed by atoms with Gasteiger partial charge in [0.1, 0.15) is 17.3 Å². The topological polar surface area (TPSA) is 57.4 Å². The van der Waals surface area contributed by atoms with E-state index in [1.54, 1.807) is 19.7 Å². The number of anilines is 1. The summed E-state index contributed by atoms with van der Waals surface area (Å²) in [4.78, 5) is 4.92. The summed E-state index contributed by atoms with van der Waals surface area (Å²) in [5, 5.41) is 0. The number of aromatic nitrogens is 1. The van der Waals surface area contributed by atoms with Gasteiger partial charge < -0.3 is 15.2 Å². The fraction of sp³-hybridized carbons (Fsp3) is 0.182. The lowest BCUT2D eigenvalue weighted by atomic mass is 10.1. The van der Waals surface area contributed by atoms with Crippen molar-refractivity contribution in [1.82, 2.24) is 4.98 Å². The van der Waals surface area contributed by atoms with Crippen LogP contribution in [0.4, 0.5) is 5.82 Å². The number of hydrogen-bond donors (Lipinski definition) is 1. The van der Waals surface area contributed by atoms with Gasteiger partial charge in [0.2, 0.25) is 0 Å². The summed E-state index contributed by atoms with van der Waals surface area (Å²) in [6.07, 6.45) is 0. The number of rotatable bonds is 3. The van der Waals surface area contributed by atoms with Crippen molar-refractivity contribution in [3.63, 3.8) is 0 Å². The molecule has 2 aromatic rings. The Morgan fingerprint density at radius 2 is 2.06 bits per heavy atom. The molecule has 0 radical (unpaired) electrons. The average Bonchev–Trinajstić information content (AvgIpc) is 2.74. The molecule has 0 atom stereocenters. The number of nitrogen functional groups attached to an aromatic ring is 1. The van der Waals surface area contributed by atoms with Crippen LogP contribution in [0, 0.1) is 0 Å². The Bertz CT molecular complexity index is 496. The minimum absolute atomic E-state index is 0.511. The molecule has 0 fully saturated rings. The van der Waals surface area contributed by atoms with Gasteiger partial charge in [0.15, 0.2) is 0 Å². The highest BCUT2D eigenvalue weighted by Gasteiger charge is 2.12. The van der Waals surface area contributed by atoms with Crippen LogP contribution in [0.1, 0.15) is 0 Å². The van der Waals surface area contributed by atoms with E-state index in [1.807, 2.05) is 18.2 Å². The maximum Gasteiger partial charge on any atom is 0.142 e. The summed E-state index contributed by atoms with van der Waals surface area (Å²) in [6, 6.07) is 5.59. The van der Waals surface area contributed by atoms with Crippen molar-refractivity contribution in [3.05, 3.63) is 23.7 Å². The van der Waals surface area contributed by atoms with Gasteiger partial charge in [-0.05, 0) is 18.2 Å². The number of nitrogens with two attached hydrogens (primary N) is 1. The van der Waals surface area contributed by atoms with E-state index in [2.05, 4.69) is 4.98 Å². The van der Waals surface area contributed by atoms with E-state index in [0.717, 1.165) is 21.9 Å². The second kappa shape index (κ2) is 4.40. The summed E-state index contributed by atoms with van der Waals surface area (Å²) < 4.78 is 10.5. The first-order chi connectivity index (χ1) is 7.76. The van der Waals surface area contributed by atoms with Crippen molar-refractivity contribution in [2.24, 2.45) is 0 Å². The Morgan fingerprint density at radius 3 is 2.62 bits per heavy atom. The van der Waals surface area contributed by atoms with E-state index in [-0.39, 0.29) is 0 Å². The normalized spacial score (nSPS) is 10.1. The van der Waals surface area contributed by atoms with Crippen molar-refractivity contribution in [2.75, 3.05) is 20.0 Å². The Morgan fingerprint density at radius 1 is 1.25 bits per heavy atom. The summed E-state index contributed by atoms with van der Waals surface area (Å²) >= 11 is 1.48. The number of methoxy groups -OCH3 is 2. The van der Waals surface area contributed by atoms with Crippen molar-refractivity contribution < 1.29 is 9.47 Å². The maximum atomic E-state index is 5.79. The quantitative estimate of drug-likeness (QED) is 0.889. The van der Waals surface area contributed by atoms with Crippen LogP contribution in [-0.2, 0) is 0 Å². The second-order valence-electron chi connectivity index (χ2n) is 3.13. The number of thiazole rings is 1. The van der Waals surface area contributed by atoms with E-state index >= 15 is 0 Å². The van der Waals surface area contributed by atoms with Crippen molar-refractivity contribution in [3.8, 4) is 21.9 Å². The predicted molar refractivity (Wildman–Crippen MR) is 65.1 cm³/mol. The highest BCUT2D eigenvalue weighted by atomic mass is 32.1. The number of benzene rings is 1. The molecular formula is C11H12N2O2S. The number of nitrogens with zero attached hydrogens (tertiary/aromatic N) is 1. The third-order valence-electron chi connectivity index (χ3n) is 2.25. The minimum atomic E-state index is 0.511. The van der Waals surface area contributed by atoms with Gasteiger partial charge in [-0.15, -0.1) is 11.3 Å². The summed E-state index contributed by atoms with van der Waals surface area (Å²) in [5.74, 6) is 2.04. The molecular weight excluding hydrogens is 224 g/mol. The second-order valence-corrected chi connectivity index (χ2v) is 3.99. The Balaban J connectivity index is 2.57. The third kappa shape index (κ3) is 1.81. The predicted octanol–water partition coefficient (Wildman–Crippen LogP) is 2.41. The minimum Gasteiger partial charge on any atom is -0.497 e. The molecule has 2 N–H and O–H groups in total. The summed E-state index contributed by atoms with van der Waals surface area (Å²) in [5.41, 5.74) is 8.41. The molecule has 4 nitrogen and oxygen atoms in total. The van der Waals surface area contributed by atoms with Crippen LogP contribution < -0.4 is 15.2 Å². The van der Waals surface area contributed by atoms with Gasteiger partial charge in [-0.3, -0.25) is 0 Å². The number of hydrogen-bond acceptors (Lipinski definition) is 5. The van der Waals surface area contributed by atoms with Crippen LogP contribution in [0.5, 0.6) is 11.5 Å². The van der Waals surface area contributed by atoms with Crippen LogP contribution in [0.2, 0.25) is 0 Å². The maximum absolute atomic E-state index is 5.79. The lowest BCUT2D eigenvalue weighted by molar-refractivity contribution is 0.404. The molecule has 16 heavy (non-hydrogen) atoms. The third-order valence-corrected chi connectivity index (χ3v) is 3.12. The molecule has 0 unspecified atom stereocenters. The van der Waals surface area contributed by atoms with Gasteiger partial charge >= 0.3 is 0 Å². The number of ether oxygens (including phenoxy) is 2. The first kappa shape index (κ1) is 10.8. The van der Waals surface area contributed by atoms with Crippen molar-refractivity contribution in [2.45, 2.75) is 0 Å². The Labute approximate surface area is 97.6 Å². The fourth-order valence-corrected chi connectivity index (χ4v) is 2.18. The van der Waals surface area contributed by atoms with Gasteiger partial charge in [-0.2, -0.15) is 0 Å². The summed E-state index contributed by atoms with van der Waals surface area (Å²) in [7, 11) is 3.25. The van der Waals surface area contributed by atoms with Crippen LogP contribution in [0.15, 0.2) is 23.7 Å². The highest BCUT2D eigenvalue weighted by Crippen LogP contribution is 2.38. The van der Waals surface area contributed by atoms with Gasteiger partial charge in [-0.1, -0.05) is 0 Å². The van der Waals surface area contributed by atoms with E-state index in [9.17, 15) is 0 Å². The van der Waals surface area contributed by atoms with E-state index < -0.39 is 0 Å². The van der Waals surface area contributed by atoms with Crippen molar-refractivity contribution in [1.29, 1.82) is 0 Å². The zero-order valence-electron chi connectivity index (χ0n) is 9.06. The molecule has 0 aliphatic rings. The lowest BCUT2D eigenvalue weighted by Gasteiger charge is -2.09. The molecule has 2 rings (SSSR count). The molecule has 5 heteroatoms. The fourth-order valence-electron chi connectivity index (χ4n) is 1.45. The van der Waals surface area contributed by atoms with E-state index in [0.29, 0.717) is 5.82 Å². The largest absolute Gasteiger partial charge is 0.497 e. The Hall–Kier alpha value is -1.75. The molecule has 1 aromatic carbocycles. The molecule has 0 saturated carbocycles. The smallest absolute Gasteiger partial charge is 0.142 e. The molecule has 84 valence electrons. The van der Waals surface area contributed by atoms with Crippen molar-refractivity contribution >= 4 is 17.2 Å². The monoisotopic (exact) mass is 236 g/mol. The molecule has 0 amide bonds. The molecule has 1 aromatic heterocycles. The van der Waals surface area contributed by atoms with E-state index in [4.69, 9.17) is 15.2 Å². The molecule has 0 saturated heterocycles. The van der Waals surface area contributed by atoms with Gasteiger partial charge in [0.05, 0.1) is 24.6 Å². The van der Waals surface area contributed by atoms with Gasteiger partial charge in [-0.25, -0.2) is 4.98 Å². The summed E-state index contributed by atoms with van der Waals surface area (Å²) in [6.45, 7) is 0. The van der Waals surface area contributed by atoms with Crippen LogP contribution in [0.25, 0.3) is 10.4 Å². The van der Waals surface area contributed by atoms with Crippen LogP contribution in [0.3, 0.4) is 0 Å². The van der Waals surface area contributed by atoms with E-state index in [1.165, 1.54) is 11.3 Å². The highest BCUT2D eigenvalue weighted by molar-refractivity contribution is 7.13. The standard InChI is InChI=1S/C11H12N2O2S/c1-14-7-3-4-9(15-2)8(5-7)10-11(12)13-6-16-10/h3-6H,12H2,1-2H3. The zero-order chi connectivity index (χ0) is 11.5. The molecule has 0 bridgehead atoms. The molecule has 0 aliphatic heterocycles. The first-order valence-electron chi connectivity index (χ1n) is 4.67. The zero-order valence-corrected chi connectivity index (χ0v) is 9.88. The average molecular weight is 236 g/mol. The SMILES string of the molecule is COc1ccc(OC)c(-c2scnc2N)c1. The van der Waals surface area contributed by atoms with Gasteiger partial charge in [0.25, 0.3) is 0 Å².